The first kappa shape index (κ1) is 17.1. The van der Waals surface area contributed by atoms with Crippen molar-refractivity contribution in [3.8, 4) is 0 Å². The van der Waals surface area contributed by atoms with Gasteiger partial charge in [-0.3, -0.25) is 0 Å². The van der Waals surface area contributed by atoms with Crippen molar-refractivity contribution in [3.63, 3.8) is 0 Å². The van der Waals surface area contributed by atoms with Crippen LogP contribution >= 0.6 is 113 Å². The molecule has 0 aliphatic heterocycles. The van der Waals surface area contributed by atoms with Gasteiger partial charge in [0.1, 0.15) is 0 Å². The molecule has 0 saturated heterocycles. The smallest absolute Gasteiger partial charge is 0.0397 e. The van der Waals surface area contributed by atoms with Crippen molar-refractivity contribution >= 4 is 113 Å². The second-order valence-electron chi connectivity index (χ2n) is 2.97. The predicted octanol–water partition coefficient (Wildman–Crippen LogP) is 6.40. The number of benzene rings is 2. The molecule has 0 unspecified atom stereocenters. The van der Waals surface area contributed by atoms with Crippen molar-refractivity contribution in [2.45, 2.75) is 0 Å². The van der Waals surface area contributed by atoms with Gasteiger partial charge >= 0.3 is 0 Å². The quantitative estimate of drug-likeness (QED) is 0.215. The van der Waals surface area contributed by atoms with Crippen LogP contribution in [-0.4, -0.2) is 0 Å². The average Bonchev–Trinajstić information content (AvgIpc) is 2.31. The molecule has 0 saturated carbocycles. The highest BCUT2D eigenvalue weighted by Gasteiger charge is 1.97. The molecule has 90 valence electrons. The largest absolute Gasteiger partial charge is 0.0601 e. The van der Waals surface area contributed by atoms with Crippen LogP contribution in [0.3, 0.4) is 0 Å². The van der Waals surface area contributed by atoms with Crippen molar-refractivity contribution < 1.29 is 0 Å². The molecule has 17 heavy (non-hydrogen) atoms. The van der Waals surface area contributed by atoms with Crippen molar-refractivity contribution in [3.05, 3.63) is 60.3 Å². The third-order valence-electron chi connectivity index (χ3n) is 1.71. The monoisotopic (exact) mass is 786 g/mol. The Morgan fingerprint density at radius 2 is 0.882 bits per heavy atom. The molecule has 0 amide bonds. The molecule has 0 N–H and O–H groups in total. The summed E-state index contributed by atoms with van der Waals surface area (Å²) in [5.41, 5.74) is 0. The Morgan fingerprint density at radius 3 is 1.18 bits per heavy atom. The van der Waals surface area contributed by atoms with Gasteiger partial charge in [0, 0.05) is 17.9 Å². The van der Waals surface area contributed by atoms with Crippen molar-refractivity contribution in [2.24, 2.45) is 0 Å². The highest BCUT2D eigenvalue weighted by Crippen LogP contribution is 2.20. The van der Waals surface area contributed by atoms with Gasteiger partial charge in [-0.25, -0.2) is 0 Å². The first-order chi connectivity index (χ1) is 8.00. The maximum Gasteiger partial charge on any atom is 0.0397 e. The molecule has 0 bridgehead atoms. The van der Waals surface area contributed by atoms with Gasteiger partial charge in [-0.1, -0.05) is 6.07 Å². The lowest BCUT2D eigenvalue weighted by Gasteiger charge is -1.95. The fraction of sp³-hybridized carbons (Fsp3) is 0. The van der Waals surface area contributed by atoms with Crippen LogP contribution in [0.2, 0.25) is 0 Å². The Hall–Kier alpha value is 2.09. The van der Waals surface area contributed by atoms with E-state index in [-0.39, 0.29) is 0 Å². The van der Waals surface area contributed by atoms with E-state index in [1.165, 1.54) is 17.9 Å². The molecule has 5 heteroatoms. The standard InChI is InChI=1S/C6H3I3.C6H4I2/c7-4-2-1-3-5(8)6(4)9;7-5-1-2-6(8)4-3-5/h1-3H;1-4H. The summed E-state index contributed by atoms with van der Waals surface area (Å²) in [6, 6.07) is 14.7. The van der Waals surface area contributed by atoms with Gasteiger partial charge in [0.15, 0.2) is 0 Å². The molecule has 0 aliphatic carbocycles. The van der Waals surface area contributed by atoms with Gasteiger partial charge in [0.05, 0.1) is 0 Å². The fourth-order valence-electron chi connectivity index (χ4n) is 0.907. The summed E-state index contributed by atoms with van der Waals surface area (Å²) in [5.74, 6) is 0. The topological polar surface area (TPSA) is 0 Å². The van der Waals surface area contributed by atoms with Crippen LogP contribution in [0, 0.1) is 17.9 Å². The van der Waals surface area contributed by atoms with Crippen LogP contribution in [0.1, 0.15) is 0 Å². The van der Waals surface area contributed by atoms with Crippen LogP contribution in [0.5, 0.6) is 0 Å². The number of rotatable bonds is 0. The molecule has 0 nitrogen and oxygen atoms in total. The van der Waals surface area contributed by atoms with E-state index in [0.717, 1.165) is 0 Å². The first-order valence-electron chi connectivity index (χ1n) is 4.51. The van der Waals surface area contributed by atoms with E-state index in [0.29, 0.717) is 0 Å². The molecule has 0 spiro atoms. The lowest BCUT2D eigenvalue weighted by molar-refractivity contribution is 1.53. The molecule has 2 rings (SSSR count). The Balaban J connectivity index is 0.000000171. The maximum atomic E-state index is 2.35. The van der Waals surface area contributed by atoms with Crippen molar-refractivity contribution in [2.75, 3.05) is 0 Å². The second-order valence-corrected chi connectivity index (χ2v) is 8.87. The lowest BCUT2D eigenvalue weighted by Crippen LogP contribution is -1.81. The lowest BCUT2D eigenvalue weighted by atomic mass is 10.4. The molecular weight excluding hydrogens is 779 g/mol. The van der Waals surface area contributed by atoms with Crippen LogP contribution in [-0.2, 0) is 0 Å². The van der Waals surface area contributed by atoms with Gasteiger partial charge in [-0.05, 0) is 149 Å². The van der Waals surface area contributed by atoms with E-state index in [9.17, 15) is 0 Å². The van der Waals surface area contributed by atoms with E-state index < -0.39 is 0 Å². The molecule has 0 aromatic heterocycles. The van der Waals surface area contributed by atoms with Gasteiger partial charge in [0.25, 0.3) is 0 Å². The minimum Gasteiger partial charge on any atom is -0.0601 e. The summed E-state index contributed by atoms with van der Waals surface area (Å²) < 4.78 is 6.61. The van der Waals surface area contributed by atoms with Crippen LogP contribution in [0.15, 0.2) is 42.5 Å². The summed E-state index contributed by atoms with van der Waals surface area (Å²) >= 11 is 11.6. The van der Waals surface area contributed by atoms with Crippen LogP contribution < -0.4 is 0 Å². The second kappa shape index (κ2) is 9.10. The Labute approximate surface area is 170 Å². The molecule has 0 heterocycles. The van der Waals surface area contributed by atoms with Crippen molar-refractivity contribution in [1.82, 2.24) is 0 Å². The molecule has 2 aromatic rings. The Kier molecular flexibility index (Phi) is 9.18. The minimum absolute atomic E-state index is 1.29. The molecule has 0 atom stereocenters. The van der Waals surface area contributed by atoms with Crippen molar-refractivity contribution in [1.29, 1.82) is 0 Å². The summed E-state index contributed by atoms with van der Waals surface area (Å²) in [5, 5.41) is 0. The van der Waals surface area contributed by atoms with Crippen LogP contribution in [0.4, 0.5) is 0 Å². The normalized spacial score (nSPS) is 9.47. The molecule has 0 aliphatic rings. The number of halogens is 5. The third kappa shape index (κ3) is 6.88. The van der Waals surface area contributed by atoms with Gasteiger partial charge < -0.3 is 0 Å². The number of hydrogen-bond donors (Lipinski definition) is 0. The molecule has 2 aromatic carbocycles. The summed E-state index contributed by atoms with van der Waals surface area (Å²) in [6.45, 7) is 0. The zero-order chi connectivity index (χ0) is 12.8. The van der Waals surface area contributed by atoms with Gasteiger partial charge in [-0.15, -0.1) is 0 Å². The Morgan fingerprint density at radius 1 is 0.529 bits per heavy atom. The summed E-state index contributed by atoms with van der Waals surface area (Å²) in [6.07, 6.45) is 0. The number of hydrogen-bond acceptors (Lipinski definition) is 0. The Bertz CT molecular complexity index is 438. The highest BCUT2D eigenvalue weighted by atomic mass is 127. The average molecular weight is 786 g/mol. The van der Waals surface area contributed by atoms with E-state index in [4.69, 9.17) is 0 Å². The van der Waals surface area contributed by atoms with Crippen LogP contribution in [0.25, 0.3) is 0 Å². The van der Waals surface area contributed by atoms with E-state index in [1.54, 1.807) is 0 Å². The fourth-order valence-corrected chi connectivity index (χ4v) is 3.50. The minimum atomic E-state index is 1.29. The SMILES string of the molecule is Ic1ccc(I)cc1.Ic1cccc(I)c1I. The molecule has 0 fully saturated rings. The summed E-state index contributed by atoms with van der Waals surface area (Å²) in [7, 11) is 0. The van der Waals surface area contributed by atoms with Gasteiger partial charge in [0.2, 0.25) is 0 Å². The zero-order valence-corrected chi connectivity index (χ0v) is 19.2. The van der Waals surface area contributed by atoms with E-state index >= 15 is 0 Å². The first-order valence-corrected chi connectivity index (χ1v) is 9.90. The molecular formula is C12H7I5. The maximum absolute atomic E-state index is 2.35. The van der Waals surface area contributed by atoms with Gasteiger partial charge in [-0.2, -0.15) is 0 Å². The summed E-state index contributed by atoms with van der Waals surface area (Å²) in [4.78, 5) is 0. The van der Waals surface area contributed by atoms with E-state index in [1.807, 2.05) is 0 Å². The highest BCUT2D eigenvalue weighted by molar-refractivity contribution is 14.1. The molecule has 0 radical (unpaired) electrons. The zero-order valence-electron chi connectivity index (χ0n) is 8.43. The third-order valence-corrected chi connectivity index (χ3v) is 8.17. The predicted molar refractivity (Wildman–Crippen MR) is 116 cm³/mol. The van der Waals surface area contributed by atoms with E-state index in [2.05, 4.69) is 155 Å².